The smallest absolute Gasteiger partial charge is 0.173 e. The molecular weight excluding hydrogens is 283 g/mol. The molecule has 0 saturated heterocycles. The van der Waals surface area contributed by atoms with Crippen LogP contribution in [0.3, 0.4) is 0 Å². The third-order valence-electron chi connectivity index (χ3n) is 3.16. The fraction of sp³-hybridized carbons (Fsp3) is 0.118. The minimum absolute atomic E-state index is 0.232. The van der Waals surface area contributed by atoms with E-state index < -0.39 is 0 Å². The van der Waals surface area contributed by atoms with Crippen molar-refractivity contribution in [3.05, 3.63) is 66.6 Å². The minimum Gasteiger partial charge on any atom is -0.287 e. The first-order valence-electron chi connectivity index (χ1n) is 6.81. The number of benzene rings is 2. The zero-order valence-corrected chi connectivity index (χ0v) is 12.5. The Labute approximate surface area is 127 Å². The van der Waals surface area contributed by atoms with Gasteiger partial charge in [-0.2, -0.15) is 0 Å². The molecule has 1 aromatic heterocycles. The topological polar surface area (TPSA) is 17.8 Å². The minimum atomic E-state index is -0.232. The van der Waals surface area contributed by atoms with E-state index in [4.69, 9.17) is 0 Å². The average Bonchev–Trinajstić information content (AvgIpc) is 2.93. The quantitative estimate of drug-likeness (QED) is 0.644. The number of nitrogens with zero attached hydrogens (tertiary/aromatic N) is 2. The second-order valence-electron chi connectivity index (χ2n) is 4.54. The Kier molecular flexibility index (Phi) is 4.06. The molecule has 4 heteroatoms. The van der Waals surface area contributed by atoms with E-state index in [0.717, 1.165) is 27.9 Å². The van der Waals surface area contributed by atoms with Crippen LogP contribution >= 0.6 is 11.8 Å². The van der Waals surface area contributed by atoms with Crippen LogP contribution in [0.2, 0.25) is 0 Å². The molecule has 2 aromatic carbocycles. The number of rotatable bonds is 4. The van der Waals surface area contributed by atoms with Gasteiger partial charge in [-0.25, -0.2) is 9.37 Å². The molecule has 0 aliphatic carbocycles. The lowest BCUT2D eigenvalue weighted by atomic mass is 10.1. The van der Waals surface area contributed by atoms with Crippen molar-refractivity contribution in [1.82, 2.24) is 9.55 Å². The van der Waals surface area contributed by atoms with E-state index in [1.165, 1.54) is 12.1 Å². The van der Waals surface area contributed by atoms with Crippen molar-refractivity contribution in [1.29, 1.82) is 0 Å². The van der Waals surface area contributed by atoms with E-state index in [9.17, 15) is 4.39 Å². The summed E-state index contributed by atoms with van der Waals surface area (Å²) in [4.78, 5) is 4.51. The van der Waals surface area contributed by atoms with Gasteiger partial charge >= 0.3 is 0 Å². The zero-order valence-electron chi connectivity index (χ0n) is 11.7. The van der Waals surface area contributed by atoms with E-state index in [-0.39, 0.29) is 5.82 Å². The Morgan fingerprint density at radius 3 is 2.43 bits per heavy atom. The van der Waals surface area contributed by atoms with Crippen LogP contribution in [0.15, 0.2) is 66.0 Å². The highest BCUT2D eigenvalue weighted by Gasteiger charge is 2.13. The molecule has 3 rings (SSSR count). The fourth-order valence-electron chi connectivity index (χ4n) is 2.22. The second-order valence-corrected chi connectivity index (χ2v) is 5.77. The molecule has 0 N–H and O–H groups in total. The van der Waals surface area contributed by atoms with Crippen molar-refractivity contribution in [2.24, 2.45) is 0 Å². The van der Waals surface area contributed by atoms with Crippen molar-refractivity contribution in [3.8, 4) is 16.9 Å². The standard InChI is InChI=1S/C17H15FN2S/c1-2-21-17-19-12-16(13-6-4-3-5-7-13)20(17)15-10-8-14(18)9-11-15/h3-12H,2H2,1H3. The van der Waals surface area contributed by atoms with E-state index >= 15 is 0 Å². The van der Waals surface area contributed by atoms with Crippen molar-refractivity contribution in [2.45, 2.75) is 12.1 Å². The molecule has 0 spiro atoms. The van der Waals surface area contributed by atoms with Crippen molar-refractivity contribution in [2.75, 3.05) is 5.75 Å². The number of imidazole rings is 1. The summed E-state index contributed by atoms with van der Waals surface area (Å²) in [7, 11) is 0. The molecular formula is C17H15FN2S. The SMILES string of the molecule is CCSc1ncc(-c2ccccc2)n1-c1ccc(F)cc1. The van der Waals surface area contributed by atoms with E-state index in [2.05, 4.69) is 28.6 Å². The second kappa shape index (κ2) is 6.14. The highest BCUT2D eigenvalue weighted by Crippen LogP contribution is 2.29. The summed E-state index contributed by atoms with van der Waals surface area (Å²) in [5.74, 6) is 0.705. The van der Waals surface area contributed by atoms with Crippen LogP contribution < -0.4 is 0 Å². The molecule has 0 radical (unpaired) electrons. The summed E-state index contributed by atoms with van der Waals surface area (Å²) in [6.45, 7) is 2.09. The van der Waals surface area contributed by atoms with Gasteiger partial charge in [0.05, 0.1) is 11.9 Å². The van der Waals surface area contributed by atoms with Crippen LogP contribution in [0.1, 0.15) is 6.92 Å². The van der Waals surface area contributed by atoms with E-state index in [1.807, 2.05) is 24.4 Å². The predicted molar refractivity (Wildman–Crippen MR) is 85.4 cm³/mol. The van der Waals surface area contributed by atoms with E-state index in [0.29, 0.717) is 0 Å². The van der Waals surface area contributed by atoms with Gasteiger partial charge in [-0.1, -0.05) is 49.0 Å². The average molecular weight is 298 g/mol. The lowest BCUT2D eigenvalue weighted by Gasteiger charge is -2.11. The van der Waals surface area contributed by atoms with Crippen molar-refractivity contribution < 1.29 is 4.39 Å². The van der Waals surface area contributed by atoms with Gasteiger partial charge < -0.3 is 0 Å². The normalized spacial score (nSPS) is 10.8. The van der Waals surface area contributed by atoms with Crippen LogP contribution in [0.5, 0.6) is 0 Å². The summed E-state index contributed by atoms with van der Waals surface area (Å²) < 4.78 is 15.2. The predicted octanol–water partition coefficient (Wildman–Crippen LogP) is 4.79. The molecule has 0 aliphatic heterocycles. The van der Waals surface area contributed by atoms with Gasteiger partial charge in [0.1, 0.15) is 5.82 Å². The molecule has 106 valence electrons. The molecule has 3 aromatic rings. The monoisotopic (exact) mass is 298 g/mol. The number of aromatic nitrogens is 2. The van der Waals surface area contributed by atoms with Crippen LogP contribution in [-0.2, 0) is 0 Å². The van der Waals surface area contributed by atoms with Gasteiger partial charge in [0.15, 0.2) is 5.16 Å². The molecule has 1 heterocycles. The molecule has 0 unspecified atom stereocenters. The first kappa shape index (κ1) is 13.9. The largest absolute Gasteiger partial charge is 0.287 e. The summed E-state index contributed by atoms with van der Waals surface area (Å²) in [6.07, 6.45) is 1.87. The Morgan fingerprint density at radius 2 is 1.76 bits per heavy atom. The van der Waals surface area contributed by atoms with E-state index in [1.54, 1.807) is 23.9 Å². The lowest BCUT2D eigenvalue weighted by Crippen LogP contribution is -1.99. The third-order valence-corrected chi connectivity index (χ3v) is 3.99. The fourth-order valence-corrected chi connectivity index (χ4v) is 2.94. The molecule has 0 amide bonds. The molecule has 0 saturated carbocycles. The Balaban J connectivity index is 2.16. The van der Waals surface area contributed by atoms with Crippen LogP contribution in [-0.4, -0.2) is 15.3 Å². The van der Waals surface area contributed by atoms with Gasteiger partial charge in [0.2, 0.25) is 0 Å². The van der Waals surface area contributed by atoms with Crippen LogP contribution in [0, 0.1) is 5.82 Å². The molecule has 0 fully saturated rings. The molecule has 0 atom stereocenters. The first-order chi connectivity index (χ1) is 10.3. The highest BCUT2D eigenvalue weighted by molar-refractivity contribution is 7.99. The highest BCUT2D eigenvalue weighted by atomic mass is 32.2. The Hall–Kier alpha value is -2.07. The maximum atomic E-state index is 13.2. The van der Waals surface area contributed by atoms with Crippen LogP contribution in [0.25, 0.3) is 16.9 Å². The van der Waals surface area contributed by atoms with Gasteiger partial charge in [-0.15, -0.1) is 0 Å². The van der Waals surface area contributed by atoms with Crippen molar-refractivity contribution >= 4 is 11.8 Å². The first-order valence-corrected chi connectivity index (χ1v) is 7.80. The third kappa shape index (κ3) is 2.85. The maximum absolute atomic E-state index is 13.2. The van der Waals surface area contributed by atoms with Gasteiger partial charge in [0, 0.05) is 11.3 Å². The lowest BCUT2D eigenvalue weighted by molar-refractivity contribution is 0.627. The maximum Gasteiger partial charge on any atom is 0.173 e. The van der Waals surface area contributed by atoms with Gasteiger partial charge in [-0.3, -0.25) is 4.57 Å². The zero-order chi connectivity index (χ0) is 14.7. The molecule has 0 bridgehead atoms. The summed E-state index contributed by atoms with van der Waals surface area (Å²) in [6, 6.07) is 16.6. The molecule has 2 nitrogen and oxygen atoms in total. The number of hydrogen-bond acceptors (Lipinski definition) is 2. The molecule has 21 heavy (non-hydrogen) atoms. The van der Waals surface area contributed by atoms with Gasteiger partial charge in [-0.05, 0) is 30.0 Å². The van der Waals surface area contributed by atoms with Gasteiger partial charge in [0.25, 0.3) is 0 Å². The van der Waals surface area contributed by atoms with Crippen LogP contribution in [0.4, 0.5) is 4.39 Å². The number of thioether (sulfide) groups is 1. The number of halogens is 1. The molecule has 0 aliphatic rings. The van der Waals surface area contributed by atoms with Crippen molar-refractivity contribution in [3.63, 3.8) is 0 Å². The summed E-state index contributed by atoms with van der Waals surface area (Å²) >= 11 is 1.67. The Morgan fingerprint density at radius 1 is 1.05 bits per heavy atom. The Bertz CT molecular complexity index is 720. The number of hydrogen-bond donors (Lipinski definition) is 0. The summed E-state index contributed by atoms with van der Waals surface area (Å²) in [5.41, 5.74) is 3.03. The summed E-state index contributed by atoms with van der Waals surface area (Å²) in [5, 5.41) is 0.919.